The lowest BCUT2D eigenvalue weighted by atomic mass is 9.50. The summed E-state index contributed by atoms with van der Waals surface area (Å²) < 4.78 is 76.5. The molecule has 4 aliphatic rings. The number of fused-ring (bicyclic) bond motifs is 4. The van der Waals surface area contributed by atoms with E-state index in [0.717, 1.165) is 22.3 Å². The minimum Gasteiger partial charge on any atom is -0.465 e. The number of alkyl halides is 5. The zero-order valence-electron chi connectivity index (χ0n) is 24.9. The molecule has 2 aromatic carbocycles. The van der Waals surface area contributed by atoms with Crippen LogP contribution in [0.1, 0.15) is 84.8 Å². The van der Waals surface area contributed by atoms with E-state index < -0.39 is 47.3 Å². The molecule has 0 aromatic heterocycles. The van der Waals surface area contributed by atoms with E-state index in [1.165, 1.54) is 14.0 Å². The Labute approximate surface area is 258 Å². The van der Waals surface area contributed by atoms with Gasteiger partial charge in [0.25, 0.3) is 0 Å². The van der Waals surface area contributed by atoms with Crippen molar-refractivity contribution in [2.45, 2.75) is 75.5 Å². The highest BCUT2D eigenvalue weighted by atomic mass is 19.4. The number of carbonyl (C=O) groups excluding carboxylic acids is 2. The molecule has 0 bridgehead atoms. The maximum absolute atomic E-state index is 15.2. The fourth-order valence-electron chi connectivity index (χ4n) is 8.46. The summed E-state index contributed by atoms with van der Waals surface area (Å²) in [6.45, 7) is 1.42. The van der Waals surface area contributed by atoms with E-state index in [-0.39, 0.29) is 24.5 Å². The van der Waals surface area contributed by atoms with Crippen LogP contribution in [0.4, 0.5) is 22.0 Å². The molecule has 0 amide bonds. The topological polar surface area (TPSA) is 63.6 Å². The highest BCUT2D eigenvalue weighted by Crippen LogP contribution is 2.70. The summed E-state index contributed by atoms with van der Waals surface area (Å²) in [4.78, 5) is 23.9. The molecular formula is C36H33F5O4. The maximum Gasteiger partial charge on any atom is 0.456 e. The number of carbonyl (C=O) groups is 2. The van der Waals surface area contributed by atoms with Crippen molar-refractivity contribution < 1.29 is 41.4 Å². The molecule has 0 aliphatic heterocycles. The van der Waals surface area contributed by atoms with Crippen molar-refractivity contribution in [2.75, 3.05) is 7.11 Å². The molecule has 0 spiro atoms. The van der Waals surface area contributed by atoms with Gasteiger partial charge in [0.15, 0.2) is 5.78 Å². The van der Waals surface area contributed by atoms with Gasteiger partial charge in [-0.1, -0.05) is 36.5 Å². The van der Waals surface area contributed by atoms with Gasteiger partial charge in [-0.25, -0.2) is 4.79 Å². The van der Waals surface area contributed by atoms with Crippen molar-refractivity contribution in [3.05, 3.63) is 93.6 Å². The van der Waals surface area contributed by atoms with E-state index in [9.17, 15) is 27.9 Å². The first kappa shape index (κ1) is 31.2. The molecule has 9 heteroatoms. The number of benzene rings is 2. The summed E-state index contributed by atoms with van der Waals surface area (Å²) in [5, 5.41) is 11.4. The largest absolute Gasteiger partial charge is 0.465 e. The van der Waals surface area contributed by atoms with Crippen molar-refractivity contribution >= 4 is 11.8 Å². The summed E-state index contributed by atoms with van der Waals surface area (Å²) >= 11 is 0. The first-order valence-electron chi connectivity index (χ1n) is 15.1. The van der Waals surface area contributed by atoms with Crippen LogP contribution in [-0.2, 0) is 9.53 Å². The van der Waals surface area contributed by atoms with Crippen LogP contribution >= 0.6 is 0 Å². The number of hydrogen-bond donors (Lipinski definition) is 1. The molecule has 5 atom stereocenters. The van der Waals surface area contributed by atoms with Gasteiger partial charge in [-0.05, 0) is 110 Å². The van der Waals surface area contributed by atoms with Crippen LogP contribution in [0.3, 0.4) is 0 Å². The Morgan fingerprint density at radius 1 is 0.933 bits per heavy atom. The van der Waals surface area contributed by atoms with Crippen LogP contribution < -0.4 is 0 Å². The van der Waals surface area contributed by atoms with Crippen LogP contribution in [0.2, 0.25) is 0 Å². The Bertz CT molecular complexity index is 1660. The Morgan fingerprint density at radius 2 is 1.56 bits per heavy atom. The molecule has 0 saturated heterocycles. The molecule has 2 fully saturated rings. The molecular weight excluding hydrogens is 591 g/mol. The lowest BCUT2D eigenvalue weighted by molar-refractivity contribution is -0.362. The molecule has 2 saturated carbocycles. The van der Waals surface area contributed by atoms with E-state index in [1.54, 1.807) is 42.5 Å². The van der Waals surface area contributed by atoms with Crippen LogP contribution in [0, 0.1) is 29.1 Å². The number of methoxy groups -OCH3 is 1. The zero-order chi connectivity index (χ0) is 32.4. The van der Waals surface area contributed by atoms with Gasteiger partial charge in [0.05, 0.1) is 12.7 Å². The van der Waals surface area contributed by atoms with Crippen molar-refractivity contribution in [2.24, 2.45) is 17.3 Å². The minimum absolute atomic E-state index is 0.0351. The van der Waals surface area contributed by atoms with Crippen molar-refractivity contribution in [3.8, 4) is 11.8 Å². The number of rotatable bonds is 3. The predicted octanol–water partition coefficient (Wildman–Crippen LogP) is 7.70. The quantitative estimate of drug-likeness (QED) is 0.216. The molecule has 236 valence electrons. The van der Waals surface area contributed by atoms with Gasteiger partial charge in [0.2, 0.25) is 0 Å². The highest BCUT2D eigenvalue weighted by molar-refractivity contribution is 5.93. The van der Waals surface area contributed by atoms with Gasteiger partial charge in [0, 0.05) is 28.9 Å². The van der Waals surface area contributed by atoms with Crippen molar-refractivity contribution in [1.82, 2.24) is 0 Å². The smallest absolute Gasteiger partial charge is 0.456 e. The minimum atomic E-state index is -5.89. The normalized spacial score (nSPS) is 29.6. The van der Waals surface area contributed by atoms with Crippen LogP contribution in [0.15, 0.2) is 71.3 Å². The molecule has 2 unspecified atom stereocenters. The lowest BCUT2D eigenvalue weighted by Crippen LogP contribution is -2.65. The third-order valence-corrected chi connectivity index (χ3v) is 10.7. The summed E-state index contributed by atoms with van der Waals surface area (Å²) in [7, 11) is 1.30. The third-order valence-electron chi connectivity index (χ3n) is 10.7. The average molecular weight is 625 g/mol. The number of esters is 1. The Morgan fingerprint density at radius 3 is 2.16 bits per heavy atom. The molecule has 2 aromatic rings. The van der Waals surface area contributed by atoms with Gasteiger partial charge >= 0.3 is 18.1 Å². The Balaban J connectivity index is 1.39. The van der Waals surface area contributed by atoms with Crippen LogP contribution in [0.5, 0.6) is 0 Å². The summed E-state index contributed by atoms with van der Waals surface area (Å²) in [6.07, 6.45) is -2.95. The van der Waals surface area contributed by atoms with Crippen molar-refractivity contribution in [3.63, 3.8) is 0 Å². The molecule has 1 N–H and O–H groups in total. The number of hydrogen-bond acceptors (Lipinski definition) is 4. The number of allylic oxidation sites excluding steroid dienone is 4. The molecule has 0 heterocycles. The fraction of sp³-hybridized carbons (Fsp3) is 0.444. The monoisotopic (exact) mass is 624 g/mol. The summed E-state index contributed by atoms with van der Waals surface area (Å²) in [6, 6.07) is 13.8. The first-order valence-corrected chi connectivity index (χ1v) is 15.1. The van der Waals surface area contributed by atoms with Gasteiger partial charge in [-0.15, -0.1) is 0 Å². The Kier molecular flexibility index (Phi) is 7.59. The van der Waals surface area contributed by atoms with E-state index in [1.807, 2.05) is 12.1 Å². The molecule has 0 radical (unpaired) electrons. The number of ether oxygens (including phenoxy) is 1. The first-order chi connectivity index (χ1) is 21.2. The summed E-state index contributed by atoms with van der Waals surface area (Å²) in [5.41, 5.74) is 0.511. The second-order valence-electron chi connectivity index (χ2n) is 12.9. The molecule has 4 aliphatic carbocycles. The highest BCUT2D eigenvalue weighted by Gasteiger charge is 2.79. The Hall–Kier alpha value is -3.77. The standard InChI is InChI=1S/C36H33F5O4/c1-33-20-29(23-9-5-21(6-10-23)3-4-22-7-11-24(12-8-22)32(43)45-2)31-27-16-14-26(42)19-25(27)13-15-28(31)30(33)17-18-34(33,44)35(37,38)36(39,40)41/h5-12,19,28-30,44H,13-18,20H2,1-2H3/t28?,29-,30?,33+,34+/m1/s1. The zero-order valence-corrected chi connectivity index (χ0v) is 24.9. The fourth-order valence-corrected chi connectivity index (χ4v) is 8.46. The molecule has 6 rings (SSSR count). The van der Waals surface area contributed by atoms with Crippen LogP contribution in [-0.4, -0.2) is 41.7 Å². The van der Waals surface area contributed by atoms with Gasteiger partial charge in [-0.3, -0.25) is 4.79 Å². The second kappa shape index (κ2) is 10.9. The van der Waals surface area contributed by atoms with E-state index in [4.69, 9.17) is 4.74 Å². The third kappa shape index (κ3) is 4.93. The predicted molar refractivity (Wildman–Crippen MR) is 156 cm³/mol. The SMILES string of the molecule is COC(=O)c1ccc(C#Cc2ccc([C@H]3C[C@@]4(C)C(CC[C@@]4(O)C(F)(F)C(F)(F)F)C4CCC5=CC(=O)CCC5=C43)cc2)cc1. The van der Waals surface area contributed by atoms with Gasteiger partial charge < -0.3 is 9.84 Å². The van der Waals surface area contributed by atoms with E-state index in [2.05, 4.69) is 11.8 Å². The van der Waals surface area contributed by atoms with Gasteiger partial charge in [0.1, 0.15) is 5.60 Å². The summed E-state index contributed by atoms with van der Waals surface area (Å²) in [5.74, 6) is -0.932. The lowest BCUT2D eigenvalue weighted by Gasteiger charge is -2.56. The molecule has 45 heavy (non-hydrogen) atoms. The van der Waals surface area contributed by atoms with Crippen LogP contribution in [0.25, 0.3) is 0 Å². The van der Waals surface area contributed by atoms with Gasteiger partial charge in [-0.2, -0.15) is 22.0 Å². The maximum atomic E-state index is 15.2. The second-order valence-corrected chi connectivity index (χ2v) is 12.9. The number of ketones is 1. The number of aliphatic hydroxyl groups is 1. The van der Waals surface area contributed by atoms with E-state index >= 15 is 8.78 Å². The van der Waals surface area contributed by atoms with Crippen molar-refractivity contribution in [1.29, 1.82) is 0 Å². The molecule has 4 nitrogen and oxygen atoms in total. The average Bonchev–Trinajstić information content (AvgIpc) is 3.30. The number of halogens is 5. The van der Waals surface area contributed by atoms with E-state index in [0.29, 0.717) is 42.4 Å².